The fraction of sp³-hybridized carbons (Fsp3) is 0.417. The van der Waals surface area contributed by atoms with Gasteiger partial charge in [-0.1, -0.05) is 6.07 Å². The average Bonchev–Trinajstić information content (AvgIpc) is 2.80. The highest BCUT2D eigenvalue weighted by Crippen LogP contribution is 2.26. The Labute approximate surface area is 216 Å². The Kier molecular flexibility index (Phi) is 11.9. The summed E-state index contributed by atoms with van der Waals surface area (Å²) in [6.45, 7) is 3.43. The summed E-state index contributed by atoms with van der Waals surface area (Å²) >= 11 is 18.2. The summed E-state index contributed by atoms with van der Waals surface area (Å²) in [6.07, 6.45) is 0. The largest absolute Gasteiger partial charge is 0.351 e. The Hall–Kier alpha value is -2.03. The molecule has 3 amide bonds. The maximum Gasteiger partial charge on any atom is 0.323 e. The van der Waals surface area contributed by atoms with Crippen LogP contribution in [0.3, 0.4) is 0 Å². The van der Waals surface area contributed by atoms with Crippen LogP contribution >= 0.6 is 34.8 Å². The van der Waals surface area contributed by atoms with Crippen LogP contribution in [0.25, 0.3) is 0 Å². The molecule has 0 fully saturated rings. The minimum atomic E-state index is -0.402. The normalized spacial score (nSPS) is 11.4. The summed E-state index contributed by atoms with van der Waals surface area (Å²) in [5.41, 5.74) is 2.68. The van der Waals surface area contributed by atoms with Gasteiger partial charge in [0.15, 0.2) is 0 Å². The number of amides is 3. The van der Waals surface area contributed by atoms with Gasteiger partial charge in [0, 0.05) is 42.2 Å². The number of hydrogen-bond donors (Lipinski definition) is 3. The molecule has 0 aliphatic heterocycles. The van der Waals surface area contributed by atoms with E-state index in [9.17, 15) is 9.59 Å². The summed E-state index contributed by atoms with van der Waals surface area (Å²) < 4.78 is 0.590. The molecular formula is C24H33Cl3N5O2+. The van der Waals surface area contributed by atoms with Gasteiger partial charge in [0.1, 0.15) is 5.69 Å². The van der Waals surface area contributed by atoms with Gasteiger partial charge in [0.05, 0.1) is 37.3 Å². The van der Waals surface area contributed by atoms with Crippen molar-refractivity contribution in [1.82, 2.24) is 14.7 Å². The molecule has 0 heterocycles. The van der Waals surface area contributed by atoms with E-state index in [0.717, 1.165) is 12.2 Å². The van der Waals surface area contributed by atoms with Crippen LogP contribution in [0.2, 0.25) is 0 Å². The number of likely N-dealkylation sites (N-methyl/N-ethyl adjacent to an activating group) is 1. The number of urea groups is 1. The summed E-state index contributed by atoms with van der Waals surface area (Å²) in [5.74, 6) is 1.28. The lowest BCUT2D eigenvalue weighted by atomic mass is 10.2. The maximum absolute atomic E-state index is 12.5. The van der Waals surface area contributed by atoms with E-state index in [2.05, 4.69) is 16.0 Å². The van der Waals surface area contributed by atoms with E-state index in [4.69, 9.17) is 34.8 Å². The lowest BCUT2D eigenvalue weighted by Gasteiger charge is -2.37. The molecule has 2 aromatic rings. The van der Waals surface area contributed by atoms with Crippen LogP contribution in [0, 0.1) is 0 Å². The van der Waals surface area contributed by atoms with Crippen molar-refractivity contribution in [1.29, 1.82) is 0 Å². The number of carbonyl (C=O) groups excluding carboxylic acids is 2. The summed E-state index contributed by atoms with van der Waals surface area (Å²) in [7, 11) is 3.88. The van der Waals surface area contributed by atoms with Crippen molar-refractivity contribution in [3.05, 3.63) is 54.1 Å². The molecule has 0 aliphatic rings. The number of hydrogen-bond acceptors (Lipinski definition) is 3. The van der Waals surface area contributed by atoms with Crippen molar-refractivity contribution in [3.8, 4) is 0 Å². The minimum absolute atomic E-state index is 0.186. The van der Waals surface area contributed by atoms with Crippen molar-refractivity contribution >= 4 is 63.8 Å². The van der Waals surface area contributed by atoms with Crippen molar-refractivity contribution in [2.24, 2.45) is 0 Å². The molecule has 0 bridgehead atoms. The van der Waals surface area contributed by atoms with E-state index < -0.39 is 6.03 Å². The summed E-state index contributed by atoms with van der Waals surface area (Å²) in [6, 6.07) is 14.0. The number of nitrogens with one attached hydrogen (secondary N) is 3. The van der Waals surface area contributed by atoms with Gasteiger partial charge in [0.25, 0.3) is 5.91 Å². The maximum atomic E-state index is 12.5. The highest BCUT2D eigenvalue weighted by atomic mass is 35.5. The fourth-order valence-electron chi connectivity index (χ4n) is 3.60. The summed E-state index contributed by atoms with van der Waals surface area (Å²) in [5, 5.41) is 8.45. The van der Waals surface area contributed by atoms with Crippen LogP contribution in [0.4, 0.5) is 21.9 Å². The third-order valence-corrected chi connectivity index (χ3v) is 5.94. The van der Waals surface area contributed by atoms with Gasteiger partial charge in [-0.2, -0.15) is 0 Å². The Morgan fingerprint density at radius 3 is 2.00 bits per heavy atom. The molecule has 34 heavy (non-hydrogen) atoms. The van der Waals surface area contributed by atoms with E-state index in [0.29, 0.717) is 65.2 Å². The molecule has 0 atom stereocenters. The molecule has 10 heteroatoms. The predicted molar refractivity (Wildman–Crippen MR) is 145 cm³/mol. The first kappa shape index (κ1) is 28.2. The Morgan fingerprint density at radius 1 is 0.853 bits per heavy atom. The van der Waals surface area contributed by atoms with Gasteiger partial charge in [-0.15, -0.1) is 34.8 Å². The molecule has 2 rings (SSSR count). The van der Waals surface area contributed by atoms with Gasteiger partial charge in [-0.3, -0.25) is 9.28 Å². The molecule has 186 valence electrons. The lowest BCUT2D eigenvalue weighted by molar-refractivity contribution is 0.0951. The number of carbonyl (C=O) groups is 2. The number of halogens is 3. The van der Waals surface area contributed by atoms with Crippen LogP contribution in [-0.2, 0) is 0 Å². The van der Waals surface area contributed by atoms with Gasteiger partial charge in [0.2, 0.25) is 0 Å². The molecule has 0 radical (unpaired) electrons. The van der Waals surface area contributed by atoms with Gasteiger partial charge >= 0.3 is 6.03 Å². The van der Waals surface area contributed by atoms with Crippen LogP contribution in [-0.4, -0.2) is 81.3 Å². The van der Waals surface area contributed by atoms with E-state index in [1.807, 2.05) is 43.3 Å². The zero-order chi connectivity index (χ0) is 25.0. The van der Waals surface area contributed by atoms with Crippen molar-refractivity contribution in [2.45, 2.75) is 0 Å². The Bertz CT molecular complexity index is 908. The first-order valence-electron chi connectivity index (χ1n) is 11.1. The highest BCUT2D eigenvalue weighted by Gasteiger charge is 2.28. The highest BCUT2D eigenvalue weighted by molar-refractivity contribution is 6.19. The molecule has 0 unspecified atom stereocenters. The number of nitrogens with zero attached hydrogens (tertiary/aromatic N) is 2. The molecule has 3 N–H and O–H groups in total. The molecule has 0 saturated carbocycles. The predicted octanol–water partition coefficient (Wildman–Crippen LogP) is 4.65. The number of alkyl halides is 3. The molecule has 2 aromatic carbocycles. The molecule has 0 saturated heterocycles. The van der Waals surface area contributed by atoms with E-state index in [-0.39, 0.29) is 5.91 Å². The second kappa shape index (κ2) is 14.4. The van der Waals surface area contributed by atoms with Crippen molar-refractivity contribution < 1.29 is 9.59 Å². The quantitative estimate of drug-likeness (QED) is 0.261. The smallest absolute Gasteiger partial charge is 0.323 e. The third-order valence-electron chi connectivity index (χ3n) is 5.44. The molecule has 7 nitrogen and oxygen atoms in total. The molecule has 0 aromatic heterocycles. The van der Waals surface area contributed by atoms with Gasteiger partial charge < -0.3 is 20.9 Å². The van der Waals surface area contributed by atoms with Crippen molar-refractivity contribution in [2.75, 3.05) is 75.1 Å². The van der Waals surface area contributed by atoms with E-state index in [1.165, 1.54) is 0 Å². The van der Waals surface area contributed by atoms with Crippen LogP contribution in [0.5, 0.6) is 0 Å². The van der Waals surface area contributed by atoms with Crippen LogP contribution in [0.15, 0.2) is 48.5 Å². The lowest BCUT2D eigenvalue weighted by Crippen LogP contribution is -2.53. The summed E-state index contributed by atoms with van der Waals surface area (Å²) in [4.78, 5) is 26.8. The number of anilines is 2. The van der Waals surface area contributed by atoms with Crippen molar-refractivity contribution in [3.63, 3.8) is 0 Å². The van der Waals surface area contributed by atoms with Gasteiger partial charge in [-0.05, 0) is 44.4 Å². The topological polar surface area (TPSA) is 73.5 Å². The standard InChI is InChI=1S/C24H32Cl3N5O2/c1-31(2)14-13-28-23(33)19-4-3-5-21(18-19)30-24(34)29-20-6-8-22(9-7-20)32(15-10-25,16-11-26)17-12-27/h3-9,18H,10-17H2,1-2H3,(H2-,28,29,30,33,34)/p+1. The molecule has 0 aliphatic carbocycles. The molecular weight excluding hydrogens is 497 g/mol. The zero-order valence-corrected chi connectivity index (χ0v) is 21.9. The van der Waals surface area contributed by atoms with Crippen LogP contribution in [0.1, 0.15) is 10.4 Å². The first-order chi connectivity index (χ1) is 16.3. The van der Waals surface area contributed by atoms with E-state index in [1.54, 1.807) is 24.3 Å². The number of quaternary nitrogens is 1. The number of benzene rings is 2. The Balaban J connectivity index is 2.02. The Morgan fingerprint density at radius 2 is 1.44 bits per heavy atom. The molecule has 0 spiro atoms. The number of rotatable bonds is 13. The van der Waals surface area contributed by atoms with E-state index >= 15 is 0 Å². The fourth-order valence-corrected chi connectivity index (χ4v) is 4.57. The first-order valence-corrected chi connectivity index (χ1v) is 12.7. The SMILES string of the molecule is CN(C)CCNC(=O)c1cccc(NC(=O)Nc2ccc([N+](CCCl)(CCCl)CCCl)cc2)c1. The monoisotopic (exact) mass is 528 g/mol. The minimum Gasteiger partial charge on any atom is -0.351 e. The van der Waals surface area contributed by atoms with Crippen LogP contribution < -0.4 is 20.4 Å². The second-order valence-electron chi connectivity index (χ2n) is 8.15. The van der Waals surface area contributed by atoms with Gasteiger partial charge in [-0.25, -0.2) is 4.79 Å². The average molecular weight is 530 g/mol. The third kappa shape index (κ3) is 8.64. The second-order valence-corrected chi connectivity index (χ2v) is 9.28. The zero-order valence-electron chi connectivity index (χ0n) is 19.6.